The first-order valence-corrected chi connectivity index (χ1v) is 16.5. The molecule has 1 aliphatic heterocycles. The molecule has 0 spiro atoms. The fourth-order valence-electron chi connectivity index (χ4n) is 5.52. The average molecular weight is 596 g/mol. The van der Waals surface area contributed by atoms with E-state index < -0.39 is 18.0 Å². The summed E-state index contributed by atoms with van der Waals surface area (Å²) in [5.41, 5.74) is 0. The smallest absolute Gasteiger partial charge is 0.326 e. The Labute approximate surface area is 252 Å². The molecule has 10 heteroatoms. The third kappa shape index (κ3) is 18.7. The molecule has 0 aliphatic carbocycles. The molecule has 1 saturated heterocycles. The average Bonchev–Trinajstić information content (AvgIpc) is 2.97. The molecule has 0 aromatic carbocycles. The van der Waals surface area contributed by atoms with Gasteiger partial charge in [0.25, 0.3) is 0 Å². The van der Waals surface area contributed by atoms with Gasteiger partial charge in [-0.25, -0.2) is 4.79 Å². The number of rotatable bonds is 25. The molecule has 1 unspecified atom stereocenters. The maximum atomic E-state index is 12.6. The molecule has 1 rings (SSSR count). The largest absolute Gasteiger partial charge is 0.481 e. The number of piperidine rings is 1. The second-order valence-corrected chi connectivity index (χ2v) is 11.8. The number of hydrogen-bond donors (Lipinski definition) is 4. The molecule has 0 bridgehead atoms. The number of nitrogens with zero attached hydrogens (tertiary/aromatic N) is 1. The van der Waals surface area contributed by atoms with Gasteiger partial charge in [0.05, 0.1) is 0 Å². The molecule has 0 saturated carbocycles. The van der Waals surface area contributed by atoms with Crippen molar-refractivity contribution in [2.75, 3.05) is 20.1 Å². The van der Waals surface area contributed by atoms with Gasteiger partial charge in [-0.05, 0) is 32.1 Å². The van der Waals surface area contributed by atoms with E-state index >= 15 is 0 Å². The highest BCUT2D eigenvalue weighted by Gasteiger charge is 2.30. The molecule has 0 aromatic heterocycles. The summed E-state index contributed by atoms with van der Waals surface area (Å²) in [6, 6.07) is -1.09. The zero-order valence-electron chi connectivity index (χ0n) is 26.0. The molecule has 0 aromatic rings. The van der Waals surface area contributed by atoms with Gasteiger partial charge < -0.3 is 25.7 Å². The highest BCUT2D eigenvalue weighted by molar-refractivity contribution is 5.86. The summed E-state index contributed by atoms with van der Waals surface area (Å²) in [5, 5.41) is 23.0. The Bertz CT molecular complexity index is 797. The molecule has 242 valence electrons. The SMILES string of the molecule is CNC(=O)CCC(NC(=O)C1CCN(C(=O)CCCCCCCCCCCCCCCCCCC(=O)O)CC1)C(=O)O. The summed E-state index contributed by atoms with van der Waals surface area (Å²) in [6.45, 7) is 1.03. The standard InChI is InChI=1S/C32H57N3O7/c1-33-28(36)21-20-27(32(41)42)34-31(40)26-22-24-35(25-23-26)29(37)18-16-14-12-10-8-6-4-2-3-5-7-9-11-13-15-17-19-30(38)39/h26-27H,2-25H2,1H3,(H,33,36)(H,34,40)(H,38,39)(H,41,42). The molecular formula is C32H57N3O7. The lowest BCUT2D eigenvalue weighted by atomic mass is 9.95. The monoisotopic (exact) mass is 595 g/mol. The van der Waals surface area contributed by atoms with Crippen LogP contribution in [-0.2, 0) is 24.0 Å². The van der Waals surface area contributed by atoms with Crippen molar-refractivity contribution >= 4 is 29.7 Å². The van der Waals surface area contributed by atoms with Crippen molar-refractivity contribution in [1.29, 1.82) is 0 Å². The summed E-state index contributed by atoms with van der Waals surface area (Å²) in [6.07, 6.45) is 20.8. The number of likely N-dealkylation sites (tertiary alicyclic amines) is 1. The van der Waals surface area contributed by atoms with Crippen LogP contribution in [0.2, 0.25) is 0 Å². The lowest BCUT2D eigenvalue weighted by Gasteiger charge is -2.32. The maximum Gasteiger partial charge on any atom is 0.326 e. The third-order valence-corrected chi connectivity index (χ3v) is 8.30. The zero-order chi connectivity index (χ0) is 31.0. The van der Waals surface area contributed by atoms with Crippen molar-refractivity contribution in [3.8, 4) is 0 Å². The number of carboxylic acids is 2. The normalized spacial score (nSPS) is 14.4. The topological polar surface area (TPSA) is 153 Å². The molecule has 3 amide bonds. The molecule has 10 nitrogen and oxygen atoms in total. The number of carboxylic acid groups (broad SMARTS) is 2. The minimum Gasteiger partial charge on any atom is -0.481 e. The highest BCUT2D eigenvalue weighted by Crippen LogP contribution is 2.20. The summed E-state index contributed by atoms with van der Waals surface area (Å²) < 4.78 is 0. The first-order chi connectivity index (χ1) is 20.2. The van der Waals surface area contributed by atoms with Gasteiger partial charge in [0, 0.05) is 45.3 Å². The lowest BCUT2D eigenvalue weighted by Crippen LogP contribution is -2.47. The van der Waals surface area contributed by atoms with Crippen molar-refractivity contribution in [2.45, 2.75) is 147 Å². The van der Waals surface area contributed by atoms with Crippen molar-refractivity contribution in [3.05, 3.63) is 0 Å². The third-order valence-electron chi connectivity index (χ3n) is 8.30. The van der Waals surface area contributed by atoms with Gasteiger partial charge in [-0.2, -0.15) is 0 Å². The summed E-state index contributed by atoms with van der Waals surface area (Å²) >= 11 is 0. The van der Waals surface area contributed by atoms with Crippen LogP contribution in [0.3, 0.4) is 0 Å². The van der Waals surface area contributed by atoms with E-state index in [1.165, 1.54) is 71.3 Å². The molecule has 1 heterocycles. The van der Waals surface area contributed by atoms with Gasteiger partial charge in [-0.15, -0.1) is 0 Å². The van der Waals surface area contributed by atoms with Gasteiger partial charge >= 0.3 is 11.9 Å². The van der Waals surface area contributed by atoms with Crippen molar-refractivity contribution in [1.82, 2.24) is 15.5 Å². The van der Waals surface area contributed by atoms with E-state index in [4.69, 9.17) is 5.11 Å². The number of amides is 3. The van der Waals surface area contributed by atoms with Crippen molar-refractivity contribution < 1.29 is 34.2 Å². The predicted molar refractivity (Wildman–Crippen MR) is 163 cm³/mol. The minimum atomic E-state index is -1.15. The van der Waals surface area contributed by atoms with Crippen LogP contribution in [-0.4, -0.2) is 71.0 Å². The van der Waals surface area contributed by atoms with E-state index in [0.29, 0.717) is 38.8 Å². The van der Waals surface area contributed by atoms with Crippen LogP contribution in [0.25, 0.3) is 0 Å². The van der Waals surface area contributed by atoms with Gasteiger partial charge in [-0.3, -0.25) is 19.2 Å². The van der Waals surface area contributed by atoms with Crippen LogP contribution in [0.4, 0.5) is 0 Å². The Hall–Kier alpha value is -2.65. The second kappa shape index (κ2) is 23.9. The number of nitrogens with one attached hydrogen (secondary N) is 2. The molecule has 1 fully saturated rings. The maximum absolute atomic E-state index is 12.6. The van der Waals surface area contributed by atoms with Gasteiger partial charge in [0.1, 0.15) is 6.04 Å². The molecule has 4 N–H and O–H groups in total. The van der Waals surface area contributed by atoms with E-state index in [2.05, 4.69) is 10.6 Å². The quantitative estimate of drug-likeness (QED) is 0.103. The predicted octanol–water partition coefficient (Wildman–Crippen LogP) is 5.43. The van der Waals surface area contributed by atoms with Crippen LogP contribution in [0.15, 0.2) is 0 Å². The minimum absolute atomic E-state index is 0.0310. The van der Waals surface area contributed by atoms with E-state index in [-0.39, 0.29) is 36.5 Å². The highest BCUT2D eigenvalue weighted by atomic mass is 16.4. The first kappa shape index (κ1) is 37.4. The first-order valence-electron chi connectivity index (χ1n) is 16.5. The molecule has 1 aliphatic rings. The Morgan fingerprint density at radius 2 is 1.10 bits per heavy atom. The van der Waals surface area contributed by atoms with Gasteiger partial charge in [0.15, 0.2) is 0 Å². The summed E-state index contributed by atoms with van der Waals surface area (Å²) in [4.78, 5) is 60.3. The fourth-order valence-corrected chi connectivity index (χ4v) is 5.52. The van der Waals surface area contributed by atoms with Gasteiger partial charge in [-0.1, -0.05) is 89.9 Å². The van der Waals surface area contributed by atoms with E-state index in [1.807, 2.05) is 4.90 Å². The van der Waals surface area contributed by atoms with Crippen molar-refractivity contribution in [2.24, 2.45) is 5.92 Å². The van der Waals surface area contributed by atoms with Crippen LogP contribution in [0.5, 0.6) is 0 Å². The van der Waals surface area contributed by atoms with Crippen LogP contribution in [0, 0.1) is 5.92 Å². The molecular weight excluding hydrogens is 538 g/mol. The van der Waals surface area contributed by atoms with Crippen LogP contribution >= 0.6 is 0 Å². The number of carbonyl (C=O) groups is 5. The number of unbranched alkanes of at least 4 members (excludes halogenated alkanes) is 15. The van der Waals surface area contributed by atoms with Crippen LogP contribution < -0.4 is 10.6 Å². The number of carbonyl (C=O) groups excluding carboxylic acids is 3. The Morgan fingerprint density at radius 1 is 0.667 bits per heavy atom. The summed E-state index contributed by atoms with van der Waals surface area (Å²) in [7, 11) is 1.48. The molecule has 1 atom stereocenters. The summed E-state index contributed by atoms with van der Waals surface area (Å²) in [5.74, 6) is -2.60. The van der Waals surface area contributed by atoms with E-state index in [0.717, 1.165) is 38.5 Å². The van der Waals surface area contributed by atoms with Gasteiger partial charge in [0.2, 0.25) is 17.7 Å². The second-order valence-electron chi connectivity index (χ2n) is 11.8. The number of hydrogen-bond acceptors (Lipinski definition) is 5. The molecule has 42 heavy (non-hydrogen) atoms. The number of aliphatic carboxylic acids is 2. The van der Waals surface area contributed by atoms with Crippen molar-refractivity contribution in [3.63, 3.8) is 0 Å². The van der Waals surface area contributed by atoms with E-state index in [9.17, 15) is 29.1 Å². The Kier molecular flexibility index (Phi) is 21.2. The fraction of sp³-hybridized carbons (Fsp3) is 0.844. The lowest BCUT2D eigenvalue weighted by molar-refractivity contribution is -0.143. The Balaban J connectivity index is 1.98. The van der Waals surface area contributed by atoms with E-state index in [1.54, 1.807) is 0 Å². The Morgan fingerprint density at radius 3 is 1.50 bits per heavy atom. The van der Waals surface area contributed by atoms with Crippen LogP contribution in [0.1, 0.15) is 141 Å². The molecule has 0 radical (unpaired) electrons. The zero-order valence-corrected chi connectivity index (χ0v) is 26.0.